The van der Waals surface area contributed by atoms with Gasteiger partial charge in [0.05, 0.1) is 13.2 Å². The maximum absolute atomic E-state index is 10.9. The fraction of sp³-hybridized carbons (Fsp3) is 0.917. The van der Waals surface area contributed by atoms with Crippen molar-refractivity contribution >= 4 is 5.91 Å². The molecule has 0 spiro atoms. The monoisotopic (exact) mass is 243 g/mol. The Morgan fingerprint density at radius 3 is 2.65 bits per heavy atom. The Balaban J connectivity index is 1.82. The number of nitrogens with one attached hydrogen (secondary N) is 2. The summed E-state index contributed by atoms with van der Waals surface area (Å²) in [4.78, 5) is 13.4. The van der Waals surface area contributed by atoms with E-state index >= 15 is 0 Å². The summed E-state index contributed by atoms with van der Waals surface area (Å²) in [6.07, 6.45) is 2.70. The van der Waals surface area contributed by atoms with E-state index in [1.54, 1.807) is 7.05 Å². The summed E-state index contributed by atoms with van der Waals surface area (Å²) in [7, 11) is 1.68. The molecule has 17 heavy (non-hydrogen) atoms. The third-order valence-electron chi connectivity index (χ3n) is 2.97. The van der Waals surface area contributed by atoms with Crippen molar-refractivity contribution in [3.05, 3.63) is 0 Å². The molecule has 0 aromatic rings. The molecule has 0 saturated carbocycles. The highest BCUT2D eigenvalue weighted by atomic mass is 16.5. The molecule has 0 unspecified atom stereocenters. The van der Waals surface area contributed by atoms with Crippen molar-refractivity contribution in [2.24, 2.45) is 0 Å². The van der Waals surface area contributed by atoms with Gasteiger partial charge in [-0.2, -0.15) is 0 Å². The van der Waals surface area contributed by atoms with Crippen LogP contribution in [0.25, 0.3) is 0 Å². The summed E-state index contributed by atoms with van der Waals surface area (Å²) in [6.45, 7) is 6.99. The van der Waals surface area contributed by atoms with Crippen LogP contribution in [-0.4, -0.2) is 63.8 Å². The van der Waals surface area contributed by atoms with Crippen molar-refractivity contribution in [2.45, 2.75) is 19.3 Å². The van der Waals surface area contributed by atoms with Gasteiger partial charge >= 0.3 is 0 Å². The number of nitrogens with zero attached hydrogens (tertiary/aromatic N) is 1. The highest BCUT2D eigenvalue weighted by molar-refractivity contribution is 5.75. The van der Waals surface area contributed by atoms with Gasteiger partial charge in [-0.1, -0.05) is 0 Å². The number of rotatable bonds is 8. The smallest absolute Gasteiger partial charge is 0.219 e. The number of hydrogen-bond donors (Lipinski definition) is 2. The molecular weight excluding hydrogens is 218 g/mol. The quantitative estimate of drug-likeness (QED) is 0.581. The van der Waals surface area contributed by atoms with Crippen LogP contribution in [0.4, 0.5) is 0 Å². The van der Waals surface area contributed by atoms with Crippen LogP contribution >= 0.6 is 0 Å². The Morgan fingerprint density at radius 1 is 1.24 bits per heavy atom. The lowest BCUT2D eigenvalue weighted by molar-refractivity contribution is -0.120. The fourth-order valence-electron chi connectivity index (χ4n) is 1.88. The van der Waals surface area contributed by atoms with Crippen molar-refractivity contribution in [3.8, 4) is 0 Å². The van der Waals surface area contributed by atoms with Gasteiger partial charge in [-0.3, -0.25) is 9.69 Å². The van der Waals surface area contributed by atoms with Crippen molar-refractivity contribution in [1.29, 1.82) is 0 Å². The van der Waals surface area contributed by atoms with Crippen molar-refractivity contribution in [1.82, 2.24) is 15.5 Å². The molecule has 5 heteroatoms. The molecule has 100 valence electrons. The Hall–Kier alpha value is -0.650. The molecule has 0 atom stereocenters. The largest absolute Gasteiger partial charge is 0.379 e. The zero-order chi connectivity index (χ0) is 12.3. The minimum absolute atomic E-state index is 0.125. The van der Waals surface area contributed by atoms with E-state index in [4.69, 9.17) is 4.74 Å². The van der Waals surface area contributed by atoms with Crippen LogP contribution in [-0.2, 0) is 9.53 Å². The van der Waals surface area contributed by atoms with Crippen LogP contribution in [0.5, 0.6) is 0 Å². The lowest BCUT2D eigenvalue weighted by Gasteiger charge is -2.26. The van der Waals surface area contributed by atoms with E-state index in [-0.39, 0.29) is 5.91 Å². The van der Waals surface area contributed by atoms with E-state index < -0.39 is 0 Å². The van der Waals surface area contributed by atoms with Gasteiger partial charge in [0.25, 0.3) is 0 Å². The van der Waals surface area contributed by atoms with Gasteiger partial charge in [0.15, 0.2) is 0 Å². The van der Waals surface area contributed by atoms with E-state index in [1.807, 2.05) is 0 Å². The standard InChI is InChI=1S/C12H25N3O2/c1-13-12(16)4-2-5-14-6-3-7-15-8-10-17-11-9-15/h14H,2-11H2,1H3,(H,13,16). The SMILES string of the molecule is CNC(=O)CCCNCCCN1CCOCC1. The van der Waals surface area contributed by atoms with Crippen LogP contribution in [0.1, 0.15) is 19.3 Å². The number of carbonyl (C=O) groups is 1. The zero-order valence-corrected chi connectivity index (χ0v) is 10.8. The molecule has 1 aliphatic rings. The molecule has 0 radical (unpaired) electrons. The van der Waals surface area contributed by atoms with Gasteiger partial charge in [-0.15, -0.1) is 0 Å². The average Bonchev–Trinajstić information content (AvgIpc) is 2.38. The number of hydrogen-bond acceptors (Lipinski definition) is 4. The van der Waals surface area contributed by atoms with Crippen LogP contribution in [0, 0.1) is 0 Å². The van der Waals surface area contributed by atoms with Crippen LogP contribution in [0.3, 0.4) is 0 Å². The summed E-state index contributed by atoms with van der Waals surface area (Å²) in [5, 5.41) is 5.99. The summed E-state index contributed by atoms with van der Waals surface area (Å²) in [5.41, 5.74) is 0. The second-order valence-electron chi connectivity index (χ2n) is 4.33. The lowest BCUT2D eigenvalue weighted by Crippen LogP contribution is -2.37. The number of morpholine rings is 1. The molecule has 1 saturated heterocycles. The minimum atomic E-state index is 0.125. The summed E-state index contributed by atoms with van der Waals surface area (Å²) >= 11 is 0. The van der Waals surface area contributed by atoms with E-state index in [0.29, 0.717) is 6.42 Å². The average molecular weight is 243 g/mol. The molecule has 0 bridgehead atoms. The molecule has 1 rings (SSSR count). The van der Waals surface area contributed by atoms with Crippen molar-refractivity contribution < 1.29 is 9.53 Å². The zero-order valence-electron chi connectivity index (χ0n) is 10.8. The Kier molecular flexibility index (Phi) is 7.96. The van der Waals surface area contributed by atoms with Gasteiger partial charge in [0, 0.05) is 26.6 Å². The number of carbonyl (C=O) groups excluding carboxylic acids is 1. The fourth-order valence-corrected chi connectivity index (χ4v) is 1.88. The molecule has 0 aromatic carbocycles. The molecule has 1 heterocycles. The lowest BCUT2D eigenvalue weighted by atomic mass is 10.3. The third-order valence-corrected chi connectivity index (χ3v) is 2.97. The van der Waals surface area contributed by atoms with Crippen LogP contribution in [0.15, 0.2) is 0 Å². The number of amides is 1. The summed E-state index contributed by atoms with van der Waals surface area (Å²) in [5.74, 6) is 0.125. The van der Waals surface area contributed by atoms with Crippen LogP contribution < -0.4 is 10.6 Å². The van der Waals surface area contributed by atoms with Crippen LogP contribution in [0.2, 0.25) is 0 Å². The predicted molar refractivity (Wildman–Crippen MR) is 68.0 cm³/mol. The maximum atomic E-state index is 10.9. The van der Waals surface area contributed by atoms with E-state index in [9.17, 15) is 4.79 Å². The Morgan fingerprint density at radius 2 is 1.94 bits per heavy atom. The van der Waals surface area contributed by atoms with E-state index in [0.717, 1.165) is 52.4 Å². The molecule has 1 fully saturated rings. The molecule has 2 N–H and O–H groups in total. The first-order valence-electron chi connectivity index (χ1n) is 6.54. The van der Waals surface area contributed by atoms with E-state index in [1.165, 1.54) is 6.42 Å². The first-order chi connectivity index (χ1) is 8.33. The van der Waals surface area contributed by atoms with Gasteiger partial charge in [-0.05, 0) is 32.5 Å². The first-order valence-corrected chi connectivity index (χ1v) is 6.54. The molecule has 1 amide bonds. The second kappa shape index (κ2) is 9.39. The summed E-state index contributed by atoms with van der Waals surface area (Å²) in [6, 6.07) is 0. The second-order valence-corrected chi connectivity index (χ2v) is 4.33. The van der Waals surface area contributed by atoms with Gasteiger partial charge < -0.3 is 15.4 Å². The van der Waals surface area contributed by atoms with Crippen molar-refractivity contribution in [2.75, 3.05) is 53.0 Å². The Bertz CT molecular complexity index is 206. The van der Waals surface area contributed by atoms with Crippen molar-refractivity contribution in [3.63, 3.8) is 0 Å². The van der Waals surface area contributed by atoms with Gasteiger partial charge in [0.2, 0.25) is 5.91 Å². The van der Waals surface area contributed by atoms with E-state index in [2.05, 4.69) is 15.5 Å². The number of ether oxygens (including phenoxy) is 1. The molecule has 1 aliphatic heterocycles. The molecule has 0 aromatic heterocycles. The third kappa shape index (κ3) is 7.31. The van der Waals surface area contributed by atoms with Gasteiger partial charge in [0.1, 0.15) is 0 Å². The normalized spacial score (nSPS) is 17.0. The van der Waals surface area contributed by atoms with Gasteiger partial charge in [-0.25, -0.2) is 0 Å². The topological polar surface area (TPSA) is 53.6 Å². The molecule has 5 nitrogen and oxygen atoms in total. The highest BCUT2D eigenvalue weighted by Gasteiger charge is 2.08. The maximum Gasteiger partial charge on any atom is 0.219 e. The highest BCUT2D eigenvalue weighted by Crippen LogP contribution is 1.97. The molecule has 0 aliphatic carbocycles. The summed E-state index contributed by atoms with van der Waals surface area (Å²) < 4.78 is 5.30. The first kappa shape index (κ1) is 14.4. The predicted octanol–water partition coefficient (Wildman–Crippen LogP) is -0.175. The minimum Gasteiger partial charge on any atom is -0.379 e. The molecular formula is C12H25N3O2. The Labute approximate surface area is 104 Å².